The Bertz CT molecular complexity index is 982. The van der Waals surface area contributed by atoms with Gasteiger partial charge in [0.25, 0.3) is 5.56 Å². The second-order valence-electron chi connectivity index (χ2n) is 5.90. The van der Waals surface area contributed by atoms with Crippen LogP contribution in [0.1, 0.15) is 36.6 Å². The first-order valence-corrected chi connectivity index (χ1v) is 8.11. The number of aliphatic hydroxyl groups is 1. The van der Waals surface area contributed by atoms with Gasteiger partial charge in [-0.15, -0.1) is 0 Å². The van der Waals surface area contributed by atoms with Crippen LogP contribution in [0.15, 0.2) is 35.1 Å². The zero-order chi connectivity index (χ0) is 19.3. The highest BCUT2D eigenvalue weighted by Gasteiger charge is 2.35. The van der Waals surface area contributed by atoms with E-state index in [1.807, 2.05) is 6.92 Å². The van der Waals surface area contributed by atoms with Crippen molar-refractivity contribution >= 4 is 0 Å². The molecule has 1 unspecified atom stereocenters. The summed E-state index contributed by atoms with van der Waals surface area (Å²) in [6.45, 7) is 3.61. The van der Waals surface area contributed by atoms with E-state index in [-0.39, 0.29) is 17.5 Å². The summed E-state index contributed by atoms with van der Waals surface area (Å²) in [5.41, 5.74) is -1.82. The highest BCUT2D eigenvalue weighted by atomic mass is 19.1. The highest BCUT2D eigenvalue weighted by molar-refractivity contribution is 5.39. The van der Waals surface area contributed by atoms with E-state index in [0.717, 1.165) is 12.1 Å². The molecule has 1 aromatic heterocycles. The Hall–Kier alpha value is -2.89. The number of nitrogens with zero attached hydrogens (tertiary/aromatic N) is 1. The molecule has 1 atom stereocenters. The normalized spacial score (nSPS) is 12.4. The Morgan fingerprint density at radius 3 is 2.35 bits per heavy atom. The lowest BCUT2D eigenvalue weighted by atomic mass is 9.84. The third kappa shape index (κ3) is 4.02. The summed E-state index contributed by atoms with van der Waals surface area (Å²) in [6.07, 6.45) is 0.402. The van der Waals surface area contributed by atoms with Crippen LogP contribution in [0, 0.1) is 42.2 Å². The second kappa shape index (κ2) is 7.99. The van der Waals surface area contributed by atoms with Crippen LogP contribution in [0.2, 0.25) is 0 Å². The third-order valence-electron chi connectivity index (χ3n) is 4.10. The Morgan fingerprint density at radius 2 is 1.73 bits per heavy atom. The van der Waals surface area contributed by atoms with Gasteiger partial charge in [0.2, 0.25) is 0 Å². The number of pyridine rings is 1. The van der Waals surface area contributed by atoms with Gasteiger partial charge in [-0.3, -0.25) is 4.79 Å². The van der Waals surface area contributed by atoms with Crippen molar-refractivity contribution in [1.29, 1.82) is 0 Å². The molecule has 0 saturated carbocycles. The van der Waals surface area contributed by atoms with Gasteiger partial charge in [0.05, 0.1) is 5.56 Å². The number of benzene rings is 1. The first kappa shape index (κ1) is 19.4. The fraction of sp³-hybridized carbons (Fsp3) is 0.286. The predicted molar refractivity (Wildman–Crippen MR) is 96.2 cm³/mol. The van der Waals surface area contributed by atoms with Crippen LogP contribution in [0.5, 0.6) is 0 Å². The SMILES string of the molecule is CCC#CC#CCC(O)(c1cc(F)cc(F)c1)c1ccc(C)n(C)c1=O. The standard InChI is InChI=1S/C21H19F2NO2/c1-4-5-6-7-8-11-21(26,16-12-17(22)14-18(23)13-16)19-10-9-15(2)24(3)20(19)25/h9-10,12-14,26H,4,11H2,1-3H3. The molecule has 26 heavy (non-hydrogen) atoms. The fourth-order valence-corrected chi connectivity index (χ4v) is 2.54. The molecule has 2 aromatic rings. The summed E-state index contributed by atoms with van der Waals surface area (Å²) < 4.78 is 28.8. The van der Waals surface area contributed by atoms with Crippen LogP contribution in [-0.2, 0) is 12.6 Å². The first-order valence-electron chi connectivity index (χ1n) is 8.11. The van der Waals surface area contributed by atoms with Gasteiger partial charge >= 0.3 is 0 Å². The number of rotatable bonds is 3. The van der Waals surface area contributed by atoms with E-state index < -0.39 is 22.8 Å². The van der Waals surface area contributed by atoms with E-state index in [2.05, 4.69) is 23.7 Å². The molecule has 0 amide bonds. The van der Waals surface area contributed by atoms with E-state index in [1.165, 1.54) is 10.6 Å². The Morgan fingerprint density at radius 1 is 1.12 bits per heavy atom. The fourth-order valence-electron chi connectivity index (χ4n) is 2.54. The summed E-state index contributed by atoms with van der Waals surface area (Å²) >= 11 is 0. The summed E-state index contributed by atoms with van der Waals surface area (Å²) in [5.74, 6) is 8.97. The van der Waals surface area contributed by atoms with Crippen molar-refractivity contribution in [3.05, 3.63) is 69.1 Å². The minimum Gasteiger partial charge on any atom is -0.379 e. The summed E-state index contributed by atoms with van der Waals surface area (Å²) in [5, 5.41) is 11.3. The number of hydrogen-bond acceptors (Lipinski definition) is 2. The number of aromatic nitrogens is 1. The highest BCUT2D eigenvalue weighted by Crippen LogP contribution is 2.32. The molecule has 5 heteroatoms. The molecular formula is C21H19F2NO2. The average Bonchev–Trinajstić information content (AvgIpc) is 2.58. The van der Waals surface area contributed by atoms with E-state index in [1.54, 1.807) is 20.0 Å². The largest absolute Gasteiger partial charge is 0.379 e. The summed E-state index contributed by atoms with van der Waals surface area (Å²) in [7, 11) is 1.56. The van der Waals surface area contributed by atoms with Crippen molar-refractivity contribution in [3.8, 4) is 23.7 Å². The minimum atomic E-state index is -1.97. The van der Waals surface area contributed by atoms with Gasteiger partial charge in [-0.1, -0.05) is 18.8 Å². The third-order valence-corrected chi connectivity index (χ3v) is 4.10. The minimum absolute atomic E-state index is 0.00616. The van der Waals surface area contributed by atoms with Gasteiger partial charge in [-0.25, -0.2) is 8.78 Å². The van der Waals surface area contributed by atoms with Crippen LogP contribution < -0.4 is 5.56 Å². The molecule has 1 aromatic carbocycles. The van der Waals surface area contributed by atoms with Gasteiger partial charge < -0.3 is 9.67 Å². The van der Waals surface area contributed by atoms with Crippen LogP contribution in [0.3, 0.4) is 0 Å². The second-order valence-corrected chi connectivity index (χ2v) is 5.90. The van der Waals surface area contributed by atoms with Crippen LogP contribution in [-0.4, -0.2) is 9.67 Å². The van der Waals surface area contributed by atoms with Crippen molar-refractivity contribution in [1.82, 2.24) is 4.57 Å². The molecule has 0 spiro atoms. The molecule has 0 aliphatic heterocycles. The quantitative estimate of drug-likeness (QED) is 0.860. The lowest BCUT2D eigenvalue weighted by Crippen LogP contribution is -2.36. The van der Waals surface area contributed by atoms with E-state index in [0.29, 0.717) is 18.2 Å². The van der Waals surface area contributed by atoms with Crippen molar-refractivity contribution in [2.24, 2.45) is 7.05 Å². The maximum Gasteiger partial charge on any atom is 0.256 e. The molecule has 1 N–H and O–H groups in total. The molecule has 0 radical (unpaired) electrons. The predicted octanol–water partition coefficient (Wildman–Crippen LogP) is 3.01. The van der Waals surface area contributed by atoms with Gasteiger partial charge in [-0.05, 0) is 48.6 Å². The summed E-state index contributed by atoms with van der Waals surface area (Å²) in [6, 6.07) is 5.82. The topological polar surface area (TPSA) is 42.2 Å². The van der Waals surface area contributed by atoms with Crippen molar-refractivity contribution in [2.45, 2.75) is 32.3 Å². The van der Waals surface area contributed by atoms with Gasteiger partial charge in [0, 0.05) is 31.6 Å². The van der Waals surface area contributed by atoms with Crippen molar-refractivity contribution < 1.29 is 13.9 Å². The summed E-state index contributed by atoms with van der Waals surface area (Å²) in [4.78, 5) is 12.7. The average molecular weight is 355 g/mol. The maximum absolute atomic E-state index is 13.7. The molecule has 0 aliphatic carbocycles. The lowest BCUT2D eigenvalue weighted by Gasteiger charge is -2.27. The maximum atomic E-state index is 13.7. The van der Waals surface area contributed by atoms with Gasteiger partial charge in [0.1, 0.15) is 17.2 Å². The molecule has 0 bridgehead atoms. The number of halogens is 2. The first-order chi connectivity index (χ1) is 12.3. The monoisotopic (exact) mass is 355 g/mol. The molecule has 2 rings (SSSR count). The van der Waals surface area contributed by atoms with Crippen LogP contribution in [0.4, 0.5) is 8.78 Å². The van der Waals surface area contributed by atoms with E-state index in [9.17, 15) is 18.7 Å². The van der Waals surface area contributed by atoms with E-state index in [4.69, 9.17) is 0 Å². The molecule has 3 nitrogen and oxygen atoms in total. The molecule has 0 aliphatic rings. The van der Waals surface area contributed by atoms with Gasteiger partial charge in [-0.2, -0.15) is 0 Å². The number of hydrogen-bond donors (Lipinski definition) is 1. The Labute approximate surface area is 151 Å². The van der Waals surface area contributed by atoms with Crippen LogP contribution >= 0.6 is 0 Å². The molecule has 0 fully saturated rings. The van der Waals surface area contributed by atoms with Crippen molar-refractivity contribution in [2.75, 3.05) is 0 Å². The van der Waals surface area contributed by atoms with Crippen molar-refractivity contribution in [3.63, 3.8) is 0 Å². The molecule has 134 valence electrons. The Balaban J connectivity index is 2.67. The molecular weight excluding hydrogens is 336 g/mol. The lowest BCUT2D eigenvalue weighted by molar-refractivity contribution is 0.0837. The van der Waals surface area contributed by atoms with E-state index >= 15 is 0 Å². The molecule has 0 saturated heterocycles. The Kier molecular flexibility index (Phi) is 5.97. The molecule has 1 heterocycles. The smallest absolute Gasteiger partial charge is 0.256 e. The van der Waals surface area contributed by atoms with Crippen LogP contribution in [0.25, 0.3) is 0 Å². The zero-order valence-electron chi connectivity index (χ0n) is 14.9. The zero-order valence-corrected chi connectivity index (χ0v) is 14.9. The van der Waals surface area contributed by atoms with Gasteiger partial charge in [0.15, 0.2) is 0 Å². The number of aryl methyl sites for hydroxylation is 1.